The molecular weight excluding hydrogens is 234 g/mol. The molecule has 2 unspecified atom stereocenters. The Bertz CT molecular complexity index is 413. The fourth-order valence-electron chi connectivity index (χ4n) is 3.57. The van der Waals surface area contributed by atoms with Crippen LogP contribution in [0.2, 0.25) is 0 Å². The molecule has 1 saturated carbocycles. The minimum Gasteiger partial charge on any atom is -0.481 e. The monoisotopic (exact) mass is 251 g/mol. The van der Waals surface area contributed by atoms with Crippen molar-refractivity contribution in [1.82, 2.24) is 4.90 Å². The Labute approximate surface area is 105 Å². The van der Waals surface area contributed by atoms with E-state index in [0.29, 0.717) is 13.1 Å². The fraction of sp³-hybridized carbons (Fsp3) is 0.692. The van der Waals surface area contributed by atoms with Crippen LogP contribution in [0.1, 0.15) is 6.42 Å². The van der Waals surface area contributed by atoms with Crippen molar-refractivity contribution in [1.29, 1.82) is 0 Å². The van der Waals surface area contributed by atoms with E-state index in [1.807, 2.05) is 12.2 Å². The molecule has 18 heavy (non-hydrogen) atoms. The Morgan fingerprint density at radius 2 is 1.78 bits per heavy atom. The van der Waals surface area contributed by atoms with Gasteiger partial charge in [-0.2, -0.15) is 0 Å². The quantitative estimate of drug-likeness (QED) is 0.690. The summed E-state index contributed by atoms with van der Waals surface area (Å²) in [7, 11) is 0. The van der Waals surface area contributed by atoms with Gasteiger partial charge in [0.25, 0.3) is 0 Å². The van der Waals surface area contributed by atoms with Crippen molar-refractivity contribution in [2.75, 3.05) is 19.7 Å². The molecule has 3 aliphatic rings. The van der Waals surface area contributed by atoms with Gasteiger partial charge in [0.1, 0.15) is 0 Å². The Morgan fingerprint density at radius 3 is 2.33 bits per heavy atom. The van der Waals surface area contributed by atoms with Gasteiger partial charge in [0.05, 0.1) is 11.8 Å². The van der Waals surface area contributed by atoms with Gasteiger partial charge in [-0.3, -0.25) is 9.59 Å². The van der Waals surface area contributed by atoms with E-state index in [1.165, 1.54) is 0 Å². The molecule has 2 bridgehead atoms. The number of hydrogen-bond donors (Lipinski definition) is 2. The summed E-state index contributed by atoms with van der Waals surface area (Å²) in [5.41, 5.74) is 0. The van der Waals surface area contributed by atoms with Gasteiger partial charge in [-0.1, -0.05) is 12.2 Å². The number of amides is 1. The Hall–Kier alpha value is -1.36. The van der Waals surface area contributed by atoms with Gasteiger partial charge in [-0.15, -0.1) is 0 Å². The number of aliphatic hydroxyl groups is 1. The van der Waals surface area contributed by atoms with Crippen molar-refractivity contribution in [2.24, 2.45) is 29.6 Å². The number of aliphatic hydroxyl groups excluding tert-OH is 1. The van der Waals surface area contributed by atoms with E-state index in [4.69, 9.17) is 5.11 Å². The van der Waals surface area contributed by atoms with Crippen molar-refractivity contribution in [3.05, 3.63) is 12.2 Å². The zero-order valence-electron chi connectivity index (χ0n) is 10.0. The van der Waals surface area contributed by atoms with E-state index in [0.717, 1.165) is 6.42 Å². The van der Waals surface area contributed by atoms with Crippen LogP contribution in [0.3, 0.4) is 0 Å². The van der Waals surface area contributed by atoms with E-state index in [2.05, 4.69) is 0 Å². The number of carbonyl (C=O) groups is 2. The molecule has 1 saturated heterocycles. The maximum Gasteiger partial charge on any atom is 0.307 e. The molecule has 2 aliphatic carbocycles. The predicted octanol–water partition coefficient (Wildman–Crippen LogP) is -0.0400. The summed E-state index contributed by atoms with van der Waals surface area (Å²) in [6.45, 7) is 1.24. The molecule has 0 aromatic rings. The summed E-state index contributed by atoms with van der Waals surface area (Å²) in [6, 6.07) is 0. The predicted molar refractivity (Wildman–Crippen MR) is 62.5 cm³/mol. The van der Waals surface area contributed by atoms with Gasteiger partial charge in [0.15, 0.2) is 0 Å². The van der Waals surface area contributed by atoms with Crippen molar-refractivity contribution in [3.63, 3.8) is 0 Å². The largest absolute Gasteiger partial charge is 0.481 e. The number of likely N-dealkylation sites (tertiary alicyclic amines) is 1. The zero-order chi connectivity index (χ0) is 12.9. The second kappa shape index (κ2) is 4.09. The maximum absolute atomic E-state index is 12.3. The Kier molecular flexibility index (Phi) is 2.66. The van der Waals surface area contributed by atoms with E-state index >= 15 is 0 Å². The van der Waals surface area contributed by atoms with Gasteiger partial charge in [0.2, 0.25) is 5.91 Å². The van der Waals surface area contributed by atoms with Gasteiger partial charge in [-0.05, 0) is 18.3 Å². The van der Waals surface area contributed by atoms with Gasteiger partial charge in [-0.25, -0.2) is 0 Å². The zero-order valence-corrected chi connectivity index (χ0v) is 10.0. The van der Waals surface area contributed by atoms with Crippen LogP contribution in [0.15, 0.2) is 12.2 Å². The number of aliphatic carboxylic acids is 1. The second-order valence-electron chi connectivity index (χ2n) is 5.63. The number of rotatable bonds is 3. The van der Waals surface area contributed by atoms with Gasteiger partial charge >= 0.3 is 5.97 Å². The highest BCUT2D eigenvalue weighted by Gasteiger charge is 2.53. The van der Waals surface area contributed by atoms with E-state index in [1.54, 1.807) is 4.90 Å². The number of carboxylic acid groups (broad SMARTS) is 1. The first-order valence-corrected chi connectivity index (χ1v) is 6.42. The van der Waals surface area contributed by atoms with Crippen LogP contribution < -0.4 is 0 Å². The minimum atomic E-state index is -0.857. The number of nitrogens with zero attached hydrogens (tertiary/aromatic N) is 1. The molecule has 0 radical (unpaired) electrons. The summed E-state index contributed by atoms with van der Waals surface area (Å²) < 4.78 is 0. The van der Waals surface area contributed by atoms with Crippen molar-refractivity contribution in [3.8, 4) is 0 Å². The molecule has 4 atom stereocenters. The summed E-state index contributed by atoms with van der Waals surface area (Å²) in [6.07, 6.45) is 4.74. The smallest absolute Gasteiger partial charge is 0.307 e. The molecule has 1 heterocycles. The number of hydrogen-bond acceptors (Lipinski definition) is 3. The van der Waals surface area contributed by atoms with Crippen LogP contribution in [0.25, 0.3) is 0 Å². The van der Waals surface area contributed by atoms with Crippen LogP contribution in [0.5, 0.6) is 0 Å². The number of allylic oxidation sites excluding steroid dienone is 2. The van der Waals surface area contributed by atoms with Crippen LogP contribution in [0.4, 0.5) is 0 Å². The molecule has 5 heteroatoms. The van der Waals surface area contributed by atoms with Crippen LogP contribution in [-0.2, 0) is 9.59 Å². The molecule has 0 spiro atoms. The third-order valence-corrected chi connectivity index (χ3v) is 4.56. The van der Waals surface area contributed by atoms with Crippen LogP contribution >= 0.6 is 0 Å². The number of fused-ring (bicyclic) bond motifs is 2. The summed E-state index contributed by atoms with van der Waals surface area (Å²) >= 11 is 0. The third-order valence-electron chi connectivity index (χ3n) is 4.56. The van der Waals surface area contributed by atoms with Crippen molar-refractivity contribution < 1.29 is 19.8 Å². The molecule has 3 rings (SSSR count). The van der Waals surface area contributed by atoms with Crippen LogP contribution in [-0.4, -0.2) is 46.7 Å². The lowest BCUT2D eigenvalue weighted by atomic mass is 9.81. The minimum absolute atomic E-state index is 0.0244. The highest BCUT2D eigenvalue weighted by atomic mass is 16.4. The molecule has 0 aromatic heterocycles. The average molecular weight is 251 g/mol. The van der Waals surface area contributed by atoms with E-state index in [-0.39, 0.29) is 30.3 Å². The SMILES string of the molecule is O=C(O)[C@@H]1C2C=CC(C2)[C@@H]1C(=O)N1CC(CO)C1. The normalized spacial score (nSPS) is 37.9. The Morgan fingerprint density at radius 1 is 1.17 bits per heavy atom. The maximum atomic E-state index is 12.3. The summed E-state index contributed by atoms with van der Waals surface area (Å²) in [4.78, 5) is 25.3. The molecule has 1 amide bonds. The lowest BCUT2D eigenvalue weighted by Crippen LogP contribution is -2.55. The van der Waals surface area contributed by atoms with E-state index in [9.17, 15) is 14.7 Å². The fourth-order valence-corrected chi connectivity index (χ4v) is 3.57. The summed E-state index contributed by atoms with van der Waals surface area (Å²) in [5.74, 6) is -1.55. The molecule has 2 fully saturated rings. The van der Waals surface area contributed by atoms with Gasteiger partial charge < -0.3 is 15.1 Å². The first-order chi connectivity index (χ1) is 8.61. The molecular formula is C13H17NO4. The molecule has 0 aromatic carbocycles. The lowest BCUT2D eigenvalue weighted by molar-refractivity contribution is -0.154. The molecule has 98 valence electrons. The highest BCUT2D eigenvalue weighted by molar-refractivity contribution is 5.87. The first kappa shape index (κ1) is 11.7. The third kappa shape index (κ3) is 1.57. The number of carbonyl (C=O) groups excluding carboxylic acids is 1. The van der Waals surface area contributed by atoms with Crippen molar-refractivity contribution >= 4 is 11.9 Å². The number of carboxylic acids is 1. The molecule has 5 nitrogen and oxygen atoms in total. The molecule has 1 aliphatic heterocycles. The van der Waals surface area contributed by atoms with E-state index < -0.39 is 17.8 Å². The highest BCUT2D eigenvalue weighted by Crippen LogP contribution is 2.49. The average Bonchev–Trinajstić information content (AvgIpc) is 2.86. The topological polar surface area (TPSA) is 77.8 Å². The van der Waals surface area contributed by atoms with Gasteiger partial charge in [0, 0.05) is 25.6 Å². The molecule has 2 N–H and O–H groups in total. The van der Waals surface area contributed by atoms with Crippen LogP contribution in [0, 0.1) is 29.6 Å². The van der Waals surface area contributed by atoms with Crippen molar-refractivity contribution in [2.45, 2.75) is 6.42 Å². The lowest BCUT2D eigenvalue weighted by Gasteiger charge is -2.41. The second-order valence-corrected chi connectivity index (χ2v) is 5.63. The standard InChI is InChI=1S/C13H17NO4/c15-6-7-4-14(5-7)12(16)10-8-1-2-9(3-8)11(10)13(17)18/h1-2,7-11,15H,3-6H2,(H,17,18)/t8?,9?,10-,11+/m0/s1. The first-order valence-electron chi connectivity index (χ1n) is 6.42. The Balaban J connectivity index is 1.73. The summed E-state index contributed by atoms with van der Waals surface area (Å²) in [5, 5.41) is 18.2.